The van der Waals surface area contributed by atoms with Crippen LogP contribution in [0.3, 0.4) is 0 Å². The van der Waals surface area contributed by atoms with Crippen LogP contribution >= 0.6 is 0 Å². The number of nitrogens with zero attached hydrogens (tertiary/aromatic N) is 6. The molecule has 0 saturated carbocycles. The monoisotopic (exact) mass is 526 g/mol. The average Bonchev–Trinajstić information content (AvgIpc) is 2.88. The van der Waals surface area contributed by atoms with E-state index >= 15 is 0 Å². The number of rotatable bonds is 0. The lowest BCUT2D eigenvalue weighted by Gasteiger charge is -2.19. The van der Waals surface area contributed by atoms with E-state index in [9.17, 15) is 28.8 Å². The van der Waals surface area contributed by atoms with Gasteiger partial charge >= 0.3 is 17.1 Å². The van der Waals surface area contributed by atoms with E-state index in [0.717, 1.165) is 9.13 Å². The van der Waals surface area contributed by atoms with Gasteiger partial charge in [-0.1, -0.05) is 0 Å². The molecule has 0 spiro atoms. The molecule has 0 radical (unpaired) electrons. The summed E-state index contributed by atoms with van der Waals surface area (Å²) in [7, 11) is 2.81. The largest absolute Gasteiger partial charge is 0.330 e. The van der Waals surface area contributed by atoms with Crippen LogP contribution in [0.1, 0.15) is 53.8 Å². The van der Waals surface area contributed by atoms with Gasteiger partial charge in [0.05, 0.1) is 0 Å². The molecular weight excluding hydrogens is 492 g/mol. The third-order valence-electron chi connectivity index (χ3n) is 7.65. The molecule has 1 aliphatic heterocycles. The van der Waals surface area contributed by atoms with Gasteiger partial charge in [0.1, 0.15) is 0 Å². The molecule has 3 aromatic heterocycles. The molecule has 1 aliphatic rings. The van der Waals surface area contributed by atoms with Crippen LogP contribution in [-0.4, -0.2) is 27.4 Å². The van der Waals surface area contributed by atoms with Gasteiger partial charge in [-0.2, -0.15) is 0 Å². The van der Waals surface area contributed by atoms with Crippen LogP contribution in [0.2, 0.25) is 0 Å². The Labute approximate surface area is 217 Å². The van der Waals surface area contributed by atoms with Crippen molar-refractivity contribution in [3.63, 3.8) is 0 Å². The highest BCUT2D eigenvalue weighted by Crippen LogP contribution is 2.12. The fourth-order valence-corrected chi connectivity index (χ4v) is 5.22. The predicted octanol–water partition coefficient (Wildman–Crippen LogP) is -0.479. The highest BCUT2D eigenvalue weighted by Gasteiger charge is 2.21. The first kappa shape index (κ1) is 27.1. The third-order valence-corrected chi connectivity index (χ3v) is 7.65. The molecule has 0 fully saturated rings. The molecule has 204 valence electrons. The Morgan fingerprint density at radius 2 is 0.974 bits per heavy atom. The summed E-state index contributed by atoms with van der Waals surface area (Å²) < 4.78 is 7.84. The Morgan fingerprint density at radius 1 is 0.553 bits per heavy atom. The van der Waals surface area contributed by atoms with E-state index in [0.29, 0.717) is 66.9 Å². The van der Waals surface area contributed by atoms with Crippen LogP contribution in [0.5, 0.6) is 0 Å². The van der Waals surface area contributed by atoms with E-state index in [1.165, 1.54) is 32.4 Å². The molecular formula is C26H34N6O6. The predicted molar refractivity (Wildman–Crippen MR) is 142 cm³/mol. The van der Waals surface area contributed by atoms with E-state index in [-0.39, 0.29) is 25.1 Å². The second-order valence-corrected chi connectivity index (χ2v) is 10.1. The van der Waals surface area contributed by atoms with Gasteiger partial charge < -0.3 is 4.57 Å². The fraction of sp³-hybridized carbons (Fsp3) is 0.538. The van der Waals surface area contributed by atoms with Gasteiger partial charge in [0.15, 0.2) is 0 Å². The molecule has 0 aromatic carbocycles. The second kappa shape index (κ2) is 10.4. The van der Waals surface area contributed by atoms with Gasteiger partial charge in [-0.15, -0.1) is 0 Å². The minimum atomic E-state index is -0.482. The number of hydrogen-bond acceptors (Lipinski definition) is 6. The van der Waals surface area contributed by atoms with Gasteiger partial charge in [0, 0.05) is 81.0 Å². The summed E-state index contributed by atoms with van der Waals surface area (Å²) in [5.74, 6) is 0. The van der Waals surface area contributed by atoms with Gasteiger partial charge in [-0.25, -0.2) is 14.4 Å². The van der Waals surface area contributed by atoms with Gasteiger partial charge in [0.25, 0.3) is 16.7 Å². The van der Waals surface area contributed by atoms with Crippen molar-refractivity contribution < 1.29 is 0 Å². The molecule has 4 rings (SSSR count). The molecule has 12 heteroatoms. The smallest absolute Gasteiger partial charge is 0.300 e. The maximum absolute atomic E-state index is 13.1. The first-order chi connectivity index (χ1) is 18.0. The van der Waals surface area contributed by atoms with E-state index in [1.807, 2.05) is 0 Å². The zero-order valence-electron chi connectivity index (χ0n) is 22.6. The van der Waals surface area contributed by atoms with Crippen LogP contribution in [0, 0.1) is 20.8 Å². The van der Waals surface area contributed by atoms with Gasteiger partial charge in [0.2, 0.25) is 0 Å². The topological polar surface area (TPSA) is 132 Å². The summed E-state index contributed by atoms with van der Waals surface area (Å²) in [5.41, 5.74) is -0.579. The molecule has 12 nitrogen and oxygen atoms in total. The van der Waals surface area contributed by atoms with E-state index in [1.54, 1.807) is 27.0 Å². The second-order valence-electron chi connectivity index (χ2n) is 10.1. The number of fused-ring (bicyclic) bond motifs is 6. The van der Waals surface area contributed by atoms with Crippen molar-refractivity contribution in [3.8, 4) is 0 Å². The van der Waals surface area contributed by atoms with Crippen LogP contribution < -0.4 is 33.7 Å². The molecule has 38 heavy (non-hydrogen) atoms. The lowest BCUT2D eigenvalue weighted by atomic mass is 10.0. The van der Waals surface area contributed by atoms with Crippen LogP contribution in [0.15, 0.2) is 35.0 Å². The number of aromatic nitrogens is 6. The van der Waals surface area contributed by atoms with Crippen molar-refractivity contribution in [2.45, 2.75) is 79.1 Å². The van der Waals surface area contributed by atoms with Gasteiger partial charge in [-0.05, 0) is 46.5 Å². The molecule has 0 aliphatic carbocycles. The minimum absolute atomic E-state index is 0.00773. The Bertz CT molecular complexity index is 1780. The van der Waals surface area contributed by atoms with Crippen molar-refractivity contribution in [2.75, 3.05) is 0 Å². The van der Waals surface area contributed by atoms with E-state index in [4.69, 9.17) is 0 Å². The Hall–Kier alpha value is -3.96. The summed E-state index contributed by atoms with van der Waals surface area (Å²) in [5, 5.41) is 0. The van der Waals surface area contributed by atoms with E-state index in [2.05, 4.69) is 0 Å². The van der Waals surface area contributed by atoms with Crippen LogP contribution in [-0.2, 0) is 46.7 Å². The highest BCUT2D eigenvalue weighted by atomic mass is 16.2. The van der Waals surface area contributed by atoms with Crippen molar-refractivity contribution in [3.05, 3.63) is 96.8 Å². The summed E-state index contributed by atoms with van der Waals surface area (Å²) in [4.78, 5) is 77.9. The molecule has 6 bridgehead atoms. The molecule has 3 aromatic rings. The summed E-state index contributed by atoms with van der Waals surface area (Å²) in [6, 6.07) is 0. The lowest BCUT2D eigenvalue weighted by Crippen LogP contribution is -2.44. The third kappa shape index (κ3) is 4.59. The molecule has 0 N–H and O–H groups in total. The summed E-state index contributed by atoms with van der Waals surface area (Å²) >= 11 is 0. The van der Waals surface area contributed by atoms with E-state index < -0.39 is 28.2 Å². The first-order valence-electron chi connectivity index (χ1n) is 12.8. The van der Waals surface area contributed by atoms with Crippen molar-refractivity contribution in [2.24, 2.45) is 14.1 Å². The first-order valence-corrected chi connectivity index (χ1v) is 12.8. The zero-order valence-corrected chi connectivity index (χ0v) is 22.6. The lowest BCUT2D eigenvalue weighted by molar-refractivity contribution is 0.464. The molecule has 4 heterocycles. The zero-order chi connectivity index (χ0) is 27.9. The molecule has 0 unspecified atom stereocenters. The number of aryl methyl sites for hydroxylation is 2. The quantitative estimate of drug-likeness (QED) is 0.389. The summed E-state index contributed by atoms with van der Waals surface area (Å²) in [6.07, 6.45) is 3.65. The normalized spacial score (nSPS) is 14.7. The minimum Gasteiger partial charge on any atom is -0.300 e. The van der Waals surface area contributed by atoms with Crippen molar-refractivity contribution >= 4 is 0 Å². The van der Waals surface area contributed by atoms with Crippen LogP contribution in [0.25, 0.3) is 0 Å². The fourth-order valence-electron chi connectivity index (χ4n) is 5.22. The van der Waals surface area contributed by atoms with Crippen molar-refractivity contribution in [1.82, 2.24) is 27.4 Å². The molecule has 0 atom stereocenters. The highest BCUT2D eigenvalue weighted by molar-refractivity contribution is 5.29. The average molecular weight is 527 g/mol. The maximum Gasteiger partial charge on any atom is 0.330 e. The molecule has 0 saturated heterocycles. The standard InChI is InChI=1S/C26H34N6O6/c1-16-15-29-10-6-7-11-30-17(2)19(22(34)27(4)24(30)36)14-20-18(3)31(25(37)28(5)23(20)35)12-8-9-13-32(21(16)33)26(29)38/h15H,6-14H2,1-5H3. The Balaban J connectivity index is 1.90. The van der Waals surface area contributed by atoms with Crippen LogP contribution in [0.4, 0.5) is 0 Å². The number of hydrogen-bond donors (Lipinski definition) is 0. The summed E-state index contributed by atoms with van der Waals surface area (Å²) in [6.45, 7) is 6.21. The van der Waals surface area contributed by atoms with Gasteiger partial charge in [-0.3, -0.25) is 37.2 Å². The maximum atomic E-state index is 13.1. The molecule has 0 amide bonds. The Morgan fingerprint density at radius 3 is 1.45 bits per heavy atom. The van der Waals surface area contributed by atoms with Crippen molar-refractivity contribution in [1.29, 1.82) is 0 Å². The SMILES string of the molecule is Cc1cn2c(=O)n(c1=O)CCCCn1c(C)c(c(=O)n(C)c1=O)Cc1c(C)n(c(=O)n(C)c1=O)CCCC2. The Kier molecular flexibility index (Phi) is 7.43.